The highest BCUT2D eigenvalue weighted by Crippen LogP contribution is 2.55. The summed E-state index contributed by atoms with van der Waals surface area (Å²) >= 11 is 6.22. The van der Waals surface area contributed by atoms with E-state index in [2.05, 4.69) is 15.1 Å². The van der Waals surface area contributed by atoms with Gasteiger partial charge in [0.1, 0.15) is 24.1 Å². The molecule has 2 aromatic heterocycles. The fraction of sp³-hybridized carbons (Fsp3) is 0.450. The van der Waals surface area contributed by atoms with Crippen LogP contribution in [0.3, 0.4) is 0 Å². The second kappa shape index (κ2) is 10.7. The Labute approximate surface area is 216 Å². The summed E-state index contributed by atoms with van der Waals surface area (Å²) in [7, 11) is -7.70. The summed E-state index contributed by atoms with van der Waals surface area (Å²) in [6, 6.07) is 9.61. The minimum atomic E-state index is -4.84. The van der Waals surface area contributed by atoms with Crippen molar-refractivity contribution in [1.82, 2.24) is 19.7 Å². The number of aromatic nitrogens is 4. The molecule has 0 amide bonds. The molecule has 0 radical (unpaired) electrons. The van der Waals surface area contributed by atoms with E-state index in [0.29, 0.717) is 11.2 Å². The lowest BCUT2D eigenvalue weighted by atomic mass is 10.1. The van der Waals surface area contributed by atoms with Crippen molar-refractivity contribution in [3.63, 3.8) is 0 Å². The van der Waals surface area contributed by atoms with Gasteiger partial charge in [0.2, 0.25) is 5.28 Å². The lowest BCUT2D eigenvalue weighted by Crippen LogP contribution is -2.33. The first kappa shape index (κ1) is 28.1. The molecule has 0 bridgehead atoms. The van der Waals surface area contributed by atoms with E-state index in [1.165, 1.54) is 10.9 Å². The van der Waals surface area contributed by atoms with E-state index in [9.17, 15) is 24.2 Å². The number of anilines is 1. The third-order valence-corrected chi connectivity index (χ3v) is 9.61. The van der Waals surface area contributed by atoms with E-state index in [-0.39, 0.29) is 17.0 Å². The summed E-state index contributed by atoms with van der Waals surface area (Å²) in [4.78, 5) is 38.0. The number of aliphatic hydroxyl groups excluding tert-OH is 2. The molecule has 1 aliphatic rings. The number of hydrogen-bond donors (Lipinski definition) is 5. The molecule has 0 spiro atoms. The quantitative estimate of drug-likeness (QED) is 0.182. The second-order valence-electron chi connectivity index (χ2n) is 8.63. The summed E-state index contributed by atoms with van der Waals surface area (Å²) in [6.45, 7) is 1.26. The largest absolute Gasteiger partial charge is 0.387 e. The number of aliphatic hydroxyl groups is 2. The molecule has 1 fully saturated rings. The van der Waals surface area contributed by atoms with Gasteiger partial charge in [-0.15, -0.1) is 0 Å². The number of nitrogens with zero attached hydrogens (tertiary/aromatic N) is 5. The van der Waals surface area contributed by atoms with Crippen molar-refractivity contribution < 1.29 is 43.3 Å². The zero-order valence-corrected chi connectivity index (χ0v) is 22.2. The van der Waals surface area contributed by atoms with Crippen LogP contribution in [0.1, 0.15) is 24.8 Å². The highest BCUT2D eigenvalue weighted by molar-refractivity contribution is 7.70. The van der Waals surface area contributed by atoms with Crippen molar-refractivity contribution in [2.45, 2.75) is 37.5 Å². The molecule has 2 unspecified atom stereocenters. The number of fused-ring (bicyclic) bond motifs is 1. The third kappa shape index (κ3) is 6.21. The molecule has 1 aliphatic heterocycles. The smallest absolute Gasteiger partial charge is 0.340 e. The molecule has 0 aliphatic carbocycles. The van der Waals surface area contributed by atoms with Crippen LogP contribution in [0.5, 0.6) is 0 Å². The zero-order chi connectivity index (χ0) is 27.1. The average Bonchev–Trinajstić information content (AvgIpc) is 3.36. The minimum absolute atomic E-state index is 0.0945. The Morgan fingerprint density at radius 3 is 2.49 bits per heavy atom. The molecule has 37 heavy (non-hydrogen) atoms. The summed E-state index contributed by atoms with van der Waals surface area (Å²) in [5, 5.41) is 25.7. The molecular weight excluding hydrogens is 552 g/mol. The van der Waals surface area contributed by atoms with E-state index in [1.54, 1.807) is 0 Å². The third-order valence-electron chi connectivity index (χ3n) is 5.99. The zero-order valence-electron chi connectivity index (χ0n) is 19.6. The summed E-state index contributed by atoms with van der Waals surface area (Å²) in [5.41, 5.74) is 1.23. The van der Waals surface area contributed by atoms with Crippen molar-refractivity contribution in [2.75, 3.05) is 24.5 Å². The Morgan fingerprint density at radius 2 is 1.84 bits per heavy atom. The first-order valence-electron chi connectivity index (χ1n) is 11.0. The molecule has 0 saturated carbocycles. The van der Waals surface area contributed by atoms with Crippen LogP contribution in [0.25, 0.3) is 11.0 Å². The van der Waals surface area contributed by atoms with Crippen LogP contribution in [0.4, 0.5) is 5.82 Å². The number of ether oxygens (including phenoxy) is 1. The topological polar surface area (TPSA) is 201 Å². The predicted octanol–water partition coefficient (Wildman–Crippen LogP) is 1.63. The summed E-state index contributed by atoms with van der Waals surface area (Å²) < 4.78 is 34.6. The Bertz CT molecular complexity index is 1360. The minimum Gasteiger partial charge on any atom is -0.387 e. The summed E-state index contributed by atoms with van der Waals surface area (Å²) in [5.74, 6) is -0.935. The van der Waals surface area contributed by atoms with Crippen LogP contribution >= 0.6 is 26.8 Å². The molecule has 4 rings (SSSR count). The SMILES string of the molecule is CC(c1ccccc1)N(C)c1nc(Cl)nc2c1cnn2[C@@H]1O[C@H](COP(=O)(O)CP(=O)(O)O)[C@@H](O)[C@H]1O. The standard InChI is InChI=1S/C20H26ClN5O9P2/c1-11(12-6-4-3-5-7-12)25(2)17-13-8-22-26(18(13)24-20(21)23-17)19-16(28)15(27)14(35-19)9-34-37(32,33)10-36(29,30)31/h3-8,11,14-16,19,27-28H,9-10H2,1-2H3,(H,32,33)(H2,29,30,31)/t11?,14-,15-,16-,19-/m1/s1. The first-order chi connectivity index (χ1) is 17.3. The summed E-state index contributed by atoms with van der Waals surface area (Å²) in [6.07, 6.45) is -4.25. The average molecular weight is 578 g/mol. The lowest BCUT2D eigenvalue weighted by Gasteiger charge is -2.27. The second-order valence-corrected chi connectivity index (χ2v) is 13.0. The van der Waals surface area contributed by atoms with Crippen molar-refractivity contribution in [3.05, 3.63) is 47.4 Å². The number of benzene rings is 1. The predicted molar refractivity (Wildman–Crippen MR) is 132 cm³/mol. The highest BCUT2D eigenvalue weighted by atomic mass is 35.5. The van der Waals surface area contributed by atoms with Gasteiger partial charge in [-0.2, -0.15) is 15.1 Å². The van der Waals surface area contributed by atoms with Gasteiger partial charge in [0.25, 0.3) is 0 Å². The normalized spacial score (nSPS) is 24.8. The monoisotopic (exact) mass is 577 g/mol. The molecular formula is C20H26ClN5O9P2. The van der Waals surface area contributed by atoms with Gasteiger partial charge >= 0.3 is 15.2 Å². The Hall–Kier alpha value is -1.96. The van der Waals surface area contributed by atoms with Gasteiger partial charge in [0, 0.05) is 7.05 Å². The molecule has 5 N–H and O–H groups in total. The maximum atomic E-state index is 11.9. The van der Waals surface area contributed by atoms with E-state index < -0.39 is 52.2 Å². The molecule has 17 heteroatoms. The van der Waals surface area contributed by atoms with Crippen molar-refractivity contribution >= 4 is 43.6 Å². The molecule has 3 heterocycles. The van der Waals surface area contributed by atoms with Gasteiger partial charge in [0.05, 0.1) is 24.2 Å². The van der Waals surface area contributed by atoms with Crippen LogP contribution in [-0.4, -0.2) is 82.5 Å². The van der Waals surface area contributed by atoms with Crippen LogP contribution in [0.2, 0.25) is 5.28 Å². The number of rotatable bonds is 9. The lowest BCUT2D eigenvalue weighted by molar-refractivity contribution is -0.0541. The molecule has 1 aromatic carbocycles. The van der Waals surface area contributed by atoms with E-state index in [4.69, 9.17) is 30.6 Å². The van der Waals surface area contributed by atoms with Crippen molar-refractivity contribution in [3.8, 4) is 0 Å². The van der Waals surface area contributed by atoms with Gasteiger partial charge in [-0.1, -0.05) is 30.3 Å². The Morgan fingerprint density at radius 1 is 1.16 bits per heavy atom. The number of hydrogen-bond acceptors (Lipinski definition) is 10. The Balaban J connectivity index is 1.59. The fourth-order valence-electron chi connectivity index (χ4n) is 4.01. The first-order valence-corrected chi connectivity index (χ1v) is 14.9. The maximum absolute atomic E-state index is 11.9. The molecule has 14 nitrogen and oxygen atoms in total. The molecule has 6 atom stereocenters. The Kier molecular flexibility index (Phi) is 8.08. The maximum Gasteiger partial charge on any atom is 0.340 e. The van der Waals surface area contributed by atoms with Crippen molar-refractivity contribution in [2.24, 2.45) is 0 Å². The van der Waals surface area contributed by atoms with Crippen molar-refractivity contribution in [1.29, 1.82) is 0 Å². The van der Waals surface area contributed by atoms with Gasteiger partial charge < -0.3 is 39.1 Å². The number of halogens is 1. The van der Waals surface area contributed by atoms with Gasteiger partial charge in [-0.25, -0.2) is 4.68 Å². The van der Waals surface area contributed by atoms with E-state index in [1.807, 2.05) is 49.2 Å². The molecule has 202 valence electrons. The molecule has 3 aromatic rings. The van der Waals surface area contributed by atoms with Crippen LogP contribution in [-0.2, 0) is 18.4 Å². The van der Waals surface area contributed by atoms with Gasteiger partial charge in [-0.05, 0) is 24.1 Å². The van der Waals surface area contributed by atoms with Gasteiger partial charge in [0.15, 0.2) is 17.8 Å². The van der Waals surface area contributed by atoms with E-state index >= 15 is 0 Å². The van der Waals surface area contributed by atoms with E-state index in [0.717, 1.165) is 5.56 Å². The van der Waals surface area contributed by atoms with Gasteiger partial charge in [-0.3, -0.25) is 9.13 Å². The van der Waals surface area contributed by atoms with Crippen LogP contribution in [0.15, 0.2) is 36.5 Å². The van der Waals surface area contributed by atoms with Crippen LogP contribution in [0, 0.1) is 0 Å². The van der Waals surface area contributed by atoms with Crippen LogP contribution < -0.4 is 4.90 Å². The molecule has 1 saturated heterocycles. The highest BCUT2D eigenvalue weighted by Gasteiger charge is 2.46. The fourth-order valence-corrected chi connectivity index (χ4v) is 6.74.